The Morgan fingerprint density at radius 2 is 1.97 bits per heavy atom. The Hall–Kier alpha value is -2.21. The largest absolute Gasteiger partial charge is 0.489 e. The van der Waals surface area contributed by atoms with E-state index in [4.69, 9.17) is 10.5 Å². The third kappa shape index (κ3) is 5.66. The zero-order valence-electron chi connectivity index (χ0n) is 17.2. The number of benzene rings is 1. The Kier molecular flexibility index (Phi) is 7.81. The molecular formula is C23H32FN3O2. The summed E-state index contributed by atoms with van der Waals surface area (Å²) in [6.45, 7) is 2.90. The number of amides is 1. The molecule has 0 spiro atoms. The van der Waals surface area contributed by atoms with Crippen molar-refractivity contribution < 1.29 is 13.9 Å². The maximum atomic E-state index is 13.1. The van der Waals surface area contributed by atoms with Gasteiger partial charge in [0.2, 0.25) is 5.91 Å². The molecule has 3 rings (SSSR count). The first-order valence-electron chi connectivity index (χ1n) is 10.7. The summed E-state index contributed by atoms with van der Waals surface area (Å²) < 4.78 is 18.7. The highest BCUT2D eigenvalue weighted by Crippen LogP contribution is 2.30. The molecule has 2 aliphatic rings. The van der Waals surface area contributed by atoms with Gasteiger partial charge in [0, 0.05) is 12.8 Å². The fraction of sp³-hybridized carbons (Fsp3) is 0.565. The molecule has 1 aliphatic heterocycles. The standard InChI is InChI=1S/C23H32FN3O2/c1-2-26-20(14-16-29-19-12-10-18(24)11-13-19)21-9-6-15-27(21)23(28)22(25)17-7-4-3-5-8-17/h2,10-14,17,21-22H,3-9,15-16,25H2,1H3/b20-14-,26-2?. The second kappa shape index (κ2) is 10.5. The van der Waals surface area contributed by atoms with Crippen LogP contribution in [0.15, 0.2) is 41.0 Å². The van der Waals surface area contributed by atoms with Crippen LogP contribution in [0, 0.1) is 11.7 Å². The maximum absolute atomic E-state index is 13.1. The second-order valence-corrected chi connectivity index (χ2v) is 7.89. The summed E-state index contributed by atoms with van der Waals surface area (Å²) >= 11 is 0. The highest BCUT2D eigenvalue weighted by atomic mass is 19.1. The Balaban J connectivity index is 1.66. The zero-order valence-corrected chi connectivity index (χ0v) is 17.2. The van der Waals surface area contributed by atoms with Crippen LogP contribution in [0.1, 0.15) is 51.9 Å². The molecule has 1 aromatic rings. The molecule has 1 aliphatic carbocycles. The molecular weight excluding hydrogens is 369 g/mol. The van der Waals surface area contributed by atoms with E-state index in [0.29, 0.717) is 18.3 Å². The second-order valence-electron chi connectivity index (χ2n) is 7.89. The predicted molar refractivity (Wildman–Crippen MR) is 113 cm³/mol. The number of hydrogen-bond acceptors (Lipinski definition) is 4. The zero-order chi connectivity index (χ0) is 20.6. The van der Waals surface area contributed by atoms with E-state index < -0.39 is 6.04 Å². The Bertz CT molecular complexity index is 726. The number of carbonyl (C=O) groups excluding carboxylic acids is 1. The summed E-state index contributed by atoms with van der Waals surface area (Å²) in [6, 6.07) is 5.45. The molecule has 1 saturated carbocycles. The lowest BCUT2D eigenvalue weighted by Gasteiger charge is -2.32. The molecule has 1 heterocycles. The van der Waals surface area contributed by atoms with Gasteiger partial charge in [-0.3, -0.25) is 9.79 Å². The first-order chi connectivity index (χ1) is 14.1. The van der Waals surface area contributed by atoms with Gasteiger partial charge < -0.3 is 15.4 Å². The SMILES string of the molecule is CC=N/C(=C\COc1ccc(F)cc1)C1CCCN1C(=O)C(N)C1CCCCC1. The third-order valence-electron chi connectivity index (χ3n) is 5.95. The van der Waals surface area contributed by atoms with E-state index in [1.807, 2.05) is 17.9 Å². The van der Waals surface area contributed by atoms with Crippen LogP contribution < -0.4 is 10.5 Å². The fourth-order valence-corrected chi connectivity index (χ4v) is 4.40. The van der Waals surface area contributed by atoms with E-state index >= 15 is 0 Å². The number of rotatable bonds is 7. The molecule has 0 radical (unpaired) electrons. The van der Waals surface area contributed by atoms with E-state index in [2.05, 4.69) is 4.99 Å². The molecule has 1 amide bonds. The van der Waals surface area contributed by atoms with Gasteiger partial charge in [-0.2, -0.15) is 0 Å². The van der Waals surface area contributed by atoms with Crippen LogP contribution in [-0.4, -0.2) is 42.3 Å². The molecule has 2 N–H and O–H groups in total. The Morgan fingerprint density at radius 1 is 1.24 bits per heavy atom. The van der Waals surface area contributed by atoms with Gasteiger partial charge in [-0.05, 0) is 68.9 Å². The van der Waals surface area contributed by atoms with Gasteiger partial charge in [-0.15, -0.1) is 0 Å². The number of halogens is 1. The number of likely N-dealkylation sites (tertiary alicyclic amines) is 1. The lowest BCUT2D eigenvalue weighted by molar-refractivity contribution is -0.134. The number of nitrogens with zero attached hydrogens (tertiary/aromatic N) is 2. The minimum atomic E-state index is -0.418. The lowest BCUT2D eigenvalue weighted by Crippen LogP contribution is -2.50. The van der Waals surface area contributed by atoms with Crippen molar-refractivity contribution >= 4 is 12.1 Å². The van der Waals surface area contributed by atoms with Gasteiger partial charge >= 0.3 is 0 Å². The average Bonchev–Trinajstić information content (AvgIpc) is 3.24. The third-order valence-corrected chi connectivity index (χ3v) is 5.95. The molecule has 0 bridgehead atoms. The normalized spacial score (nSPS) is 22.2. The van der Waals surface area contributed by atoms with Gasteiger partial charge in [0.15, 0.2) is 0 Å². The van der Waals surface area contributed by atoms with Gasteiger partial charge in [0.05, 0.1) is 17.8 Å². The van der Waals surface area contributed by atoms with Crippen molar-refractivity contribution in [3.8, 4) is 5.75 Å². The topological polar surface area (TPSA) is 67.9 Å². The van der Waals surface area contributed by atoms with Gasteiger partial charge in [-0.25, -0.2) is 4.39 Å². The summed E-state index contributed by atoms with van der Waals surface area (Å²) in [6.07, 6.45) is 11.2. The summed E-state index contributed by atoms with van der Waals surface area (Å²) in [7, 11) is 0. The Morgan fingerprint density at radius 3 is 2.66 bits per heavy atom. The van der Waals surface area contributed by atoms with Gasteiger partial charge in [0.25, 0.3) is 0 Å². The average molecular weight is 402 g/mol. The molecule has 158 valence electrons. The van der Waals surface area contributed by atoms with E-state index in [9.17, 15) is 9.18 Å². The summed E-state index contributed by atoms with van der Waals surface area (Å²) in [5, 5.41) is 0. The van der Waals surface area contributed by atoms with Gasteiger partial charge in [0.1, 0.15) is 18.2 Å². The summed E-state index contributed by atoms with van der Waals surface area (Å²) in [4.78, 5) is 19.6. The van der Waals surface area contributed by atoms with Crippen molar-refractivity contribution in [2.75, 3.05) is 13.2 Å². The minimum Gasteiger partial charge on any atom is -0.489 e. The van der Waals surface area contributed by atoms with Crippen LogP contribution in [0.3, 0.4) is 0 Å². The number of carbonyl (C=O) groups is 1. The quantitative estimate of drug-likeness (QED) is 0.700. The summed E-state index contributed by atoms with van der Waals surface area (Å²) in [5.74, 6) is 0.650. The fourth-order valence-electron chi connectivity index (χ4n) is 4.40. The highest BCUT2D eigenvalue weighted by molar-refractivity contribution is 5.83. The molecule has 6 heteroatoms. The van der Waals surface area contributed by atoms with Crippen molar-refractivity contribution in [3.63, 3.8) is 0 Å². The minimum absolute atomic E-state index is 0.0519. The number of nitrogens with two attached hydrogens (primary N) is 1. The molecule has 29 heavy (non-hydrogen) atoms. The molecule has 2 atom stereocenters. The smallest absolute Gasteiger partial charge is 0.240 e. The van der Waals surface area contributed by atoms with Crippen molar-refractivity contribution in [1.82, 2.24) is 4.90 Å². The highest BCUT2D eigenvalue weighted by Gasteiger charge is 2.36. The van der Waals surface area contributed by atoms with Crippen molar-refractivity contribution in [1.29, 1.82) is 0 Å². The van der Waals surface area contributed by atoms with Crippen LogP contribution in [0.25, 0.3) is 0 Å². The van der Waals surface area contributed by atoms with Crippen molar-refractivity contribution in [2.45, 2.75) is 64.0 Å². The van der Waals surface area contributed by atoms with E-state index in [-0.39, 0.29) is 17.8 Å². The molecule has 2 fully saturated rings. The number of ether oxygens (including phenoxy) is 1. The molecule has 5 nitrogen and oxygen atoms in total. The Labute approximate surface area is 172 Å². The van der Waals surface area contributed by atoms with Crippen LogP contribution in [0.2, 0.25) is 0 Å². The van der Waals surface area contributed by atoms with E-state index in [0.717, 1.165) is 37.9 Å². The monoisotopic (exact) mass is 401 g/mol. The number of hydrogen-bond donors (Lipinski definition) is 1. The predicted octanol–water partition coefficient (Wildman–Crippen LogP) is 4.08. The van der Waals surface area contributed by atoms with E-state index in [1.54, 1.807) is 18.3 Å². The van der Waals surface area contributed by atoms with Crippen molar-refractivity contribution in [3.05, 3.63) is 41.9 Å². The van der Waals surface area contributed by atoms with Crippen LogP contribution in [0.5, 0.6) is 5.75 Å². The van der Waals surface area contributed by atoms with Gasteiger partial charge in [-0.1, -0.05) is 19.3 Å². The van der Waals surface area contributed by atoms with Crippen molar-refractivity contribution in [2.24, 2.45) is 16.6 Å². The lowest BCUT2D eigenvalue weighted by atomic mass is 9.83. The molecule has 2 unspecified atom stereocenters. The van der Waals surface area contributed by atoms with E-state index in [1.165, 1.54) is 31.4 Å². The summed E-state index contributed by atoms with van der Waals surface area (Å²) in [5.41, 5.74) is 7.22. The molecule has 1 aromatic carbocycles. The van der Waals surface area contributed by atoms with Crippen LogP contribution >= 0.6 is 0 Å². The van der Waals surface area contributed by atoms with Crippen LogP contribution in [0.4, 0.5) is 4.39 Å². The number of aliphatic imine (C=N–C) groups is 1. The maximum Gasteiger partial charge on any atom is 0.240 e. The first-order valence-corrected chi connectivity index (χ1v) is 10.7. The molecule has 1 saturated heterocycles. The first kappa shape index (κ1) is 21.5. The molecule has 0 aromatic heterocycles. The van der Waals surface area contributed by atoms with Crippen LogP contribution in [-0.2, 0) is 4.79 Å².